The van der Waals surface area contributed by atoms with Crippen molar-refractivity contribution in [2.75, 3.05) is 0 Å². The van der Waals surface area contributed by atoms with Gasteiger partial charge in [0, 0.05) is 29.5 Å². The molecule has 0 saturated carbocycles. The maximum absolute atomic E-state index is 4.06. The van der Waals surface area contributed by atoms with Gasteiger partial charge in [-0.05, 0) is 71.4 Å². The molecule has 0 amide bonds. The molecule has 0 unspecified atom stereocenters. The van der Waals surface area contributed by atoms with Gasteiger partial charge in [0.2, 0.25) is 0 Å². The molecular formula is C18H25N5. The molecule has 122 valence electrons. The Kier molecular flexibility index (Phi) is 7.60. The van der Waals surface area contributed by atoms with Crippen molar-refractivity contribution in [1.82, 2.24) is 25.1 Å². The molecule has 0 aliphatic rings. The van der Waals surface area contributed by atoms with Crippen LogP contribution in [-0.2, 0) is 0 Å². The summed E-state index contributed by atoms with van der Waals surface area (Å²) in [4.78, 5) is 12.0. The fourth-order valence-electron chi connectivity index (χ4n) is 1.82. The van der Waals surface area contributed by atoms with Crippen LogP contribution in [0.1, 0.15) is 34.2 Å². The monoisotopic (exact) mass is 311 g/mol. The molecule has 5 nitrogen and oxygen atoms in total. The molecule has 3 aromatic heterocycles. The van der Waals surface area contributed by atoms with Crippen LogP contribution in [-0.4, -0.2) is 25.1 Å². The second-order valence-electron chi connectivity index (χ2n) is 5.41. The number of H-pyrrole nitrogens is 1. The molecular weight excluding hydrogens is 286 g/mol. The van der Waals surface area contributed by atoms with E-state index in [-0.39, 0.29) is 0 Å². The number of aryl methyl sites for hydroxylation is 6. The molecule has 3 heterocycles. The summed E-state index contributed by atoms with van der Waals surface area (Å²) >= 11 is 0. The van der Waals surface area contributed by atoms with Gasteiger partial charge in [0.05, 0.1) is 5.69 Å². The molecule has 0 aromatic carbocycles. The van der Waals surface area contributed by atoms with Gasteiger partial charge in [-0.1, -0.05) is 0 Å². The van der Waals surface area contributed by atoms with Gasteiger partial charge in [-0.15, -0.1) is 0 Å². The topological polar surface area (TPSA) is 67.3 Å². The van der Waals surface area contributed by atoms with Crippen LogP contribution in [0.4, 0.5) is 0 Å². The molecule has 3 aromatic rings. The normalized spacial score (nSPS) is 9.30. The number of aromatic nitrogens is 5. The van der Waals surface area contributed by atoms with E-state index in [1.54, 1.807) is 6.20 Å². The summed E-state index contributed by atoms with van der Waals surface area (Å²) in [6, 6.07) is 7.93. The Bertz CT molecular complexity index is 624. The molecule has 0 bridgehead atoms. The second-order valence-corrected chi connectivity index (χ2v) is 5.41. The Labute approximate surface area is 138 Å². The second kappa shape index (κ2) is 9.46. The number of aromatic amines is 1. The number of hydrogen-bond donors (Lipinski definition) is 1. The quantitative estimate of drug-likeness (QED) is 0.685. The van der Waals surface area contributed by atoms with Crippen LogP contribution in [0.2, 0.25) is 0 Å². The average molecular weight is 311 g/mol. The zero-order valence-corrected chi connectivity index (χ0v) is 14.8. The first-order valence-electron chi connectivity index (χ1n) is 7.51. The summed E-state index contributed by atoms with van der Waals surface area (Å²) in [7, 11) is 0. The van der Waals surface area contributed by atoms with Gasteiger partial charge in [-0.2, -0.15) is 5.10 Å². The summed E-state index contributed by atoms with van der Waals surface area (Å²) in [6.07, 6.45) is 3.59. The number of pyridine rings is 1. The lowest BCUT2D eigenvalue weighted by Crippen LogP contribution is -1.86. The summed E-state index contributed by atoms with van der Waals surface area (Å²) in [6.45, 7) is 11.8. The number of hydrogen-bond acceptors (Lipinski definition) is 4. The standard InChI is InChI=1S/C7H9N.C6H8N2.C5H8N2/c1-6-3-4-8-7(2)5-6;1-5-3-4-7-6(2)8-5;1-4-3-5(2)7-6-4/h3-5H,1-2H3;3-4H,1-2H3;3H,1-2H3,(H,6,7). The van der Waals surface area contributed by atoms with Crippen molar-refractivity contribution >= 4 is 0 Å². The van der Waals surface area contributed by atoms with E-state index in [0.717, 1.165) is 28.6 Å². The van der Waals surface area contributed by atoms with Crippen molar-refractivity contribution in [1.29, 1.82) is 0 Å². The van der Waals surface area contributed by atoms with Crippen molar-refractivity contribution in [3.05, 3.63) is 70.8 Å². The van der Waals surface area contributed by atoms with Crippen molar-refractivity contribution in [2.24, 2.45) is 0 Å². The van der Waals surface area contributed by atoms with Crippen molar-refractivity contribution in [3.63, 3.8) is 0 Å². The molecule has 0 atom stereocenters. The van der Waals surface area contributed by atoms with E-state index in [2.05, 4.69) is 38.1 Å². The zero-order valence-electron chi connectivity index (χ0n) is 14.8. The van der Waals surface area contributed by atoms with Gasteiger partial charge >= 0.3 is 0 Å². The lowest BCUT2D eigenvalue weighted by Gasteiger charge is -1.90. The highest BCUT2D eigenvalue weighted by Gasteiger charge is 1.85. The molecule has 1 N–H and O–H groups in total. The molecule has 23 heavy (non-hydrogen) atoms. The van der Waals surface area contributed by atoms with Crippen LogP contribution in [0.25, 0.3) is 0 Å². The maximum atomic E-state index is 4.06. The fraction of sp³-hybridized carbons (Fsp3) is 0.333. The molecule has 0 aliphatic carbocycles. The highest BCUT2D eigenvalue weighted by molar-refractivity contribution is 5.12. The van der Waals surface area contributed by atoms with Crippen molar-refractivity contribution in [2.45, 2.75) is 41.5 Å². The lowest BCUT2D eigenvalue weighted by molar-refractivity contribution is 1.01. The summed E-state index contributed by atoms with van der Waals surface area (Å²) < 4.78 is 0. The Morgan fingerprint density at radius 3 is 1.74 bits per heavy atom. The van der Waals surface area contributed by atoms with E-state index in [0.29, 0.717) is 0 Å². The van der Waals surface area contributed by atoms with E-state index in [1.165, 1.54) is 5.56 Å². The van der Waals surface area contributed by atoms with Crippen LogP contribution in [0.3, 0.4) is 0 Å². The van der Waals surface area contributed by atoms with Gasteiger partial charge in [0.25, 0.3) is 0 Å². The SMILES string of the molecule is Cc1cc(C)[nH]n1.Cc1ccnc(C)c1.Cc1ccnc(C)n1. The molecule has 0 saturated heterocycles. The highest BCUT2D eigenvalue weighted by Crippen LogP contribution is 1.96. The number of rotatable bonds is 0. The first kappa shape index (κ1) is 18.5. The number of nitrogens with one attached hydrogen (secondary N) is 1. The summed E-state index contributed by atoms with van der Waals surface area (Å²) in [5, 5.41) is 6.71. The molecule has 0 aliphatic heterocycles. The van der Waals surface area contributed by atoms with E-state index in [4.69, 9.17) is 0 Å². The predicted molar refractivity (Wildman–Crippen MR) is 93.3 cm³/mol. The smallest absolute Gasteiger partial charge is 0.125 e. The maximum Gasteiger partial charge on any atom is 0.125 e. The Morgan fingerprint density at radius 2 is 1.43 bits per heavy atom. The minimum absolute atomic E-state index is 0.838. The molecule has 5 heteroatoms. The van der Waals surface area contributed by atoms with Gasteiger partial charge in [-0.25, -0.2) is 9.97 Å². The van der Waals surface area contributed by atoms with Crippen LogP contribution in [0.15, 0.2) is 36.7 Å². The van der Waals surface area contributed by atoms with E-state index >= 15 is 0 Å². The van der Waals surface area contributed by atoms with Gasteiger partial charge in [0.1, 0.15) is 5.82 Å². The largest absolute Gasteiger partial charge is 0.283 e. The van der Waals surface area contributed by atoms with Crippen molar-refractivity contribution < 1.29 is 0 Å². The summed E-state index contributed by atoms with van der Waals surface area (Å²) in [5.74, 6) is 0.838. The Balaban J connectivity index is 0.000000173. The zero-order chi connectivity index (χ0) is 17.2. The van der Waals surface area contributed by atoms with E-state index in [9.17, 15) is 0 Å². The van der Waals surface area contributed by atoms with Crippen LogP contribution >= 0.6 is 0 Å². The van der Waals surface area contributed by atoms with Crippen LogP contribution < -0.4 is 0 Å². The third kappa shape index (κ3) is 8.46. The van der Waals surface area contributed by atoms with E-state index in [1.807, 2.05) is 59.0 Å². The molecule has 3 rings (SSSR count). The third-order valence-corrected chi connectivity index (χ3v) is 2.80. The minimum Gasteiger partial charge on any atom is -0.283 e. The average Bonchev–Trinajstić information content (AvgIpc) is 2.83. The first-order chi connectivity index (χ1) is 10.9. The fourth-order valence-corrected chi connectivity index (χ4v) is 1.82. The third-order valence-electron chi connectivity index (χ3n) is 2.80. The Hall–Kier alpha value is -2.56. The lowest BCUT2D eigenvalue weighted by atomic mass is 10.3. The van der Waals surface area contributed by atoms with Gasteiger partial charge < -0.3 is 0 Å². The summed E-state index contributed by atoms with van der Waals surface area (Å²) in [5.41, 5.74) is 5.56. The van der Waals surface area contributed by atoms with Crippen LogP contribution in [0, 0.1) is 41.5 Å². The van der Waals surface area contributed by atoms with Gasteiger partial charge in [0.15, 0.2) is 0 Å². The highest BCUT2D eigenvalue weighted by atomic mass is 15.1. The molecule has 0 spiro atoms. The van der Waals surface area contributed by atoms with Crippen LogP contribution in [0.5, 0.6) is 0 Å². The first-order valence-corrected chi connectivity index (χ1v) is 7.51. The van der Waals surface area contributed by atoms with E-state index < -0.39 is 0 Å². The molecule has 0 radical (unpaired) electrons. The van der Waals surface area contributed by atoms with Crippen molar-refractivity contribution in [3.8, 4) is 0 Å². The predicted octanol–water partition coefficient (Wildman–Crippen LogP) is 3.82. The molecule has 0 fully saturated rings. The van der Waals surface area contributed by atoms with Gasteiger partial charge in [-0.3, -0.25) is 10.1 Å². The Morgan fingerprint density at radius 1 is 0.739 bits per heavy atom. The number of nitrogens with zero attached hydrogens (tertiary/aromatic N) is 4. The minimum atomic E-state index is 0.838.